The summed E-state index contributed by atoms with van der Waals surface area (Å²) in [6, 6.07) is 4.68. The van der Waals surface area contributed by atoms with Crippen LogP contribution < -0.4 is 14.5 Å². The number of hydrazone groups is 1. The quantitative estimate of drug-likeness (QED) is 0.327. The van der Waals surface area contributed by atoms with Gasteiger partial charge in [0, 0.05) is 0 Å². The van der Waals surface area contributed by atoms with Crippen LogP contribution in [-0.2, 0) is 4.79 Å². The zero-order valence-corrected chi connectivity index (χ0v) is 15.3. The number of rotatable bonds is 4. The molecule has 0 N–H and O–H groups in total. The molecule has 0 saturated heterocycles. The number of nitrogens with zero attached hydrogens (tertiary/aromatic N) is 2. The number of halogens is 5. The van der Waals surface area contributed by atoms with Gasteiger partial charge < -0.3 is 9.47 Å². The van der Waals surface area contributed by atoms with Gasteiger partial charge in [0.05, 0.1) is 25.5 Å². The lowest BCUT2D eigenvalue weighted by Crippen LogP contribution is -2.25. The van der Waals surface area contributed by atoms with Crippen LogP contribution in [0, 0.1) is 29.1 Å². The molecule has 0 unspecified atom stereocenters. The molecule has 0 aliphatic carbocycles. The molecule has 152 valence electrons. The Bertz CT molecular complexity index is 1050. The fourth-order valence-corrected chi connectivity index (χ4v) is 2.72. The summed E-state index contributed by atoms with van der Waals surface area (Å²) >= 11 is 0. The average molecular weight is 412 g/mol. The van der Waals surface area contributed by atoms with Gasteiger partial charge in [0.25, 0.3) is 5.91 Å². The minimum absolute atomic E-state index is 0.0220. The number of carbonyl (C=O) groups excluding carboxylic acids is 1. The molecular weight excluding hydrogens is 399 g/mol. The smallest absolute Gasteiger partial charge is 0.280 e. The van der Waals surface area contributed by atoms with Crippen LogP contribution in [0.5, 0.6) is 11.5 Å². The third kappa shape index (κ3) is 3.30. The first kappa shape index (κ1) is 20.3. The molecule has 1 heterocycles. The largest absolute Gasteiger partial charge is 0.493 e. The SMILES string of the molecule is COc1ccc(/C=C2/C(=O)N(c3c(F)c(F)c(F)c(F)c3F)N=C2C)cc1OC. The summed E-state index contributed by atoms with van der Waals surface area (Å²) in [5, 5.41) is 3.82. The fraction of sp³-hybridized carbons (Fsp3) is 0.158. The maximum Gasteiger partial charge on any atom is 0.280 e. The van der Waals surface area contributed by atoms with Crippen molar-refractivity contribution in [3.63, 3.8) is 0 Å². The number of carbonyl (C=O) groups is 1. The first-order valence-electron chi connectivity index (χ1n) is 8.06. The van der Waals surface area contributed by atoms with Gasteiger partial charge in [-0.05, 0) is 30.7 Å². The molecule has 10 heteroatoms. The zero-order valence-electron chi connectivity index (χ0n) is 15.3. The van der Waals surface area contributed by atoms with Crippen LogP contribution in [0.1, 0.15) is 12.5 Å². The summed E-state index contributed by atoms with van der Waals surface area (Å²) in [7, 11) is 2.85. The molecule has 0 fully saturated rings. The molecule has 0 spiro atoms. The van der Waals surface area contributed by atoms with Crippen molar-refractivity contribution in [2.45, 2.75) is 6.92 Å². The van der Waals surface area contributed by atoms with Crippen molar-refractivity contribution in [3.05, 3.63) is 58.4 Å². The van der Waals surface area contributed by atoms with E-state index in [1.54, 1.807) is 12.1 Å². The fourth-order valence-electron chi connectivity index (χ4n) is 2.72. The molecule has 0 radical (unpaired) electrons. The first-order chi connectivity index (χ1) is 13.7. The molecule has 2 aromatic rings. The lowest BCUT2D eigenvalue weighted by atomic mass is 10.1. The number of methoxy groups -OCH3 is 2. The van der Waals surface area contributed by atoms with E-state index in [4.69, 9.17) is 9.47 Å². The van der Waals surface area contributed by atoms with E-state index >= 15 is 0 Å². The monoisotopic (exact) mass is 412 g/mol. The maximum atomic E-state index is 14.1. The summed E-state index contributed by atoms with van der Waals surface area (Å²) in [5.41, 5.74) is -1.06. The first-order valence-corrected chi connectivity index (χ1v) is 8.06. The van der Waals surface area contributed by atoms with Gasteiger partial charge in [-0.1, -0.05) is 6.07 Å². The van der Waals surface area contributed by atoms with Gasteiger partial charge in [0.15, 0.2) is 34.8 Å². The van der Waals surface area contributed by atoms with Crippen molar-refractivity contribution in [2.24, 2.45) is 5.10 Å². The van der Waals surface area contributed by atoms with E-state index in [1.165, 1.54) is 33.3 Å². The van der Waals surface area contributed by atoms with Gasteiger partial charge in [-0.2, -0.15) is 10.1 Å². The molecule has 2 aromatic carbocycles. The Labute approximate surface area is 161 Å². The molecule has 5 nitrogen and oxygen atoms in total. The summed E-state index contributed by atoms with van der Waals surface area (Å²) in [5.74, 6) is -11.2. The second-order valence-electron chi connectivity index (χ2n) is 5.89. The predicted molar refractivity (Wildman–Crippen MR) is 94.3 cm³/mol. The molecule has 0 atom stereocenters. The highest BCUT2D eigenvalue weighted by Gasteiger charge is 2.37. The van der Waals surface area contributed by atoms with Crippen LogP contribution in [0.3, 0.4) is 0 Å². The minimum Gasteiger partial charge on any atom is -0.493 e. The van der Waals surface area contributed by atoms with E-state index in [1.807, 2.05) is 0 Å². The lowest BCUT2D eigenvalue weighted by molar-refractivity contribution is -0.114. The van der Waals surface area contributed by atoms with Crippen molar-refractivity contribution >= 4 is 23.4 Å². The topological polar surface area (TPSA) is 51.1 Å². The Kier molecular flexibility index (Phi) is 5.27. The van der Waals surface area contributed by atoms with E-state index in [0.717, 1.165) is 0 Å². The average Bonchev–Trinajstić information content (AvgIpc) is 2.98. The van der Waals surface area contributed by atoms with Gasteiger partial charge in [0.2, 0.25) is 5.82 Å². The van der Waals surface area contributed by atoms with Gasteiger partial charge in [-0.3, -0.25) is 4.79 Å². The summed E-state index contributed by atoms with van der Waals surface area (Å²) in [6.07, 6.45) is 1.34. The van der Waals surface area contributed by atoms with Crippen LogP contribution in [0.25, 0.3) is 6.08 Å². The van der Waals surface area contributed by atoms with E-state index in [0.29, 0.717) is 17.1 Å². The number of ether oxygens (including phenoxy) is 2. The van der Waals surface area contributed by atoms with Crippen molar-refractivity contribution in [3.8, 4) is 11.5 Å². The van der Waals surface area contributed by atoms with Gasteiger partial charge >= 0.3 is 0 Å². The Balaban J connectivity index is 2.06. The Morgan fingerprint density at radius 3 is 2.00 bits per heavy atom. The summed E-state index contributed by atoms with van der Waals surface area (Å²) < 4.78 is 78.6. The van der Waals surface area contributed by atoms with Crippen molar-refractivity contribution in [1.82, 2.24) is 0 Å². The van der Waals surface area contributed by atoms with E-state index in [-0.39, 0.29) is 16.3 Å². The van der Waals surface area contributed by atoms with Crippen molar-refractivity contribution in [2.75, 3.05) is 19.2 Å². The highest BCUT2D eigenvalue weighted by molar-refractivity contribution is 6.32. The van der Waals surface area contributed by atoms with E-state index in [2.05, 4.69) is 5.10 Å². The molecule has 3 rings (SSSR count). The van der Waals surface area contributed by atoms with Crippen molar-refractivity contribution < 1.29 is 36.2 Å². The van der Waals surface area contributed by atoms with E-state index in [9.17, 15) is 26.7 Å². The lowest BCUT2D eigenvalue weighted by Gasteiger charge is -2.15. The standard InChI is InChI=1S/C19H13F5N2O3/c1-8-10(6-9-4-5-11(28-2)12(7-9)29-3)19(27)26(25-8)18-16(23)14(21)13(20)15(22)17(18)24/h4-7H,1-3H3/b10-6+. The zero-order chi connectivity index (χ0) is 21.5. The highest BCUT2D eigenvalue weighted by Crippen LogP contribution is 2.34. The third-order valence-electron chi connectivity index (χ3n) is 4.18. The second-order valence-corrected chi connectivity index (χ2v) is 5.89. The van der Waals surface area contributed by atoms with E-state index < -0.39 is 40.7 Å². The molecule has 1 amide bonds. The number of hydrogen-bond donors (Lipinski definition) is 0. The predicted octanol–water partition coefficient (Wildman–Crippen LogP) is 4.21. The van der Waals surface area contributed by atoms with Crippen LogP contribution in [-0.4, -0.2) is 25.8 Å². The molecule has 1 aliphatic heterocycles. The second kappa shape index (κ2) is 7.53. The molecule has 29 heavy (non-hydrogen) atoms. The minimum atomic E-state index is -2.32. The van der Waals surface area contributed by atoms with Gasteiger partial charge in [-0.15, -0.1) is 0 Å². The third-order valence-corrected chi connectivity index (χ3v) is 4.18. The maximum absolute atomic E-state index is 14.1. The van der Waals surface area contributed by atoms with Crippen LogP contribution >= 0.6 is 0 Å². The molecule has 0 saturated carbocycles. The van der Waals surface area contributed by atoms with Crippen LogP contribution in [0.2, 0.25) is 0 Å². The Hall–Kier alpha value is -3.43. The van der Waals surface area contributed by atoms with Crippen molar-refractivity contribution in [1.29, 1.82) is 0 Å². The number of amides is 1. The molecule has 1 aliphatic rings. The van der Waals surface area contributed by atoms with Gasteiger partial charge in [-0.25, -0.2) is 22.0 Å². The number of anilines is 1. The highest BCUT2D eigenvalue weighted by atomic mass is 19.2. The summed E-state index contributed by atoms with van der Waals surface area (Å²) in [4.78, 5) is 12.6. The van der Waals surface area contributed by atoms with Gasteiger partial charge in [0.1, 0.15) is 5.69 Å². The Morgan fingerprint density at radius 2 is 1.45 bits per heavy atom. The van der Waals surface area contributed by atoms with Crippen LogP contribution in [0.15, 0.2) is 28.9 Å². The number of benzene rings is 2. The Morgan fingerprint density at radius 1 is 0.897 bits per heavy atom. The van der Waals surface area contributed by atoms with Crippen LogP contribution in [0.4, 0.5) is 27.6 Å². The molecular formula is C19H13F5N2O3. The summed E-state index contributed by atoms with van der Waals surface area (Å²) in [6.45, 7) is 1.36. The molecule has 0 bridgehead atoms. The molecule has 0 aromatic heterocycles. The number of hydrogen-bond acceptors (Lipinski definition) is 4. The normalized spacial score (nSPS) is 15.2.